The summed E-state index contributed by atoms with van der Waals surface area (Å²) < 4.78 is 93.2. The summed E-state index contributed by atoms with van der Waals surface area (Å²) in [5, 5.41) is 30.6. The Labute approximate surface area is 785 Å². The van der Waals surface area contributed by atoms with Gasteiger partial charge in [-0.1, -0.05) is 86.6 Å². The number of ether oxygens (including phenoxy) is 6. The molecule has 0 aliphatic rings. The zero-order valence-corrected chi connectivity index (χ0v) is 78.4. The number of nitrogens with one attached hydrogen (secondary N) is 8. The SMILES string of the molecule is CCc1c(Oc2cc(C)cc(C)c2)n(Cc2cc(F)nc(F)c2)c(=O)[nH]c1=O.COc1ccc(CNc2cc(Cn3c(Oc4cc(C)cc(C#N)c4)c(C(C)C)c(=O)[nH]c3=O)cc(F)n2)cc1.Cc1cc(C#N)cc(Oc2[nH]c(=O)[nH]c(=O)c2C(C)C)c1.Cc1cc(C#N)cc(Oc2c(C(C)C)c(=O)[nH]c(=O)n2Cc2cc(N)nc(F)c2)c1.Cc1cc(C)cc(Oc2[nH]c(=O)[nH]c(=O)c2C(C)C)c1. The van der Waals surface area contributed by atoms with Crippen molar-refractivity contribution in [2.75, 3.05) is 18.2 Å². The lowest BCUT2D eigenvalue weighted by molar-refractivity contribution is 0.409. The summed E-state index contributed by atoms with van der Waals surface area (Å²) in [5.74, 6) is -0.858. The van der Waals surface area contributed by atoms with Crippen molar-refractivity contribution in [2.45, 2.75) is 167 Å². The number of nitrogens with zero attached hydrogens (tertiary/aromatic N) is 9. The number of methoxy groups -OCH3 is 1. The minimum atomic E-state index is -1.00. The predicted molar refractivity (Wildman–Crippen MR) is 510 cm³/mol. The highest BCUT2D eigenvalue weighted by Gasteiger charge is 2.26. The maximum atomic E-state index is 14.5. The van der Waals surface area contributed by atoms with Gasteiger partial charge in [-0.05, 0) is 267 Å². The molecule has 0 atom stereocenters. The monoisotopic (exact) mass is 1880 g/mol. The molecule has 714 valence electrons. The van der Waals surface area contributed by atoms with Crippen molar-refractivity contribution in [1.82, 2.24) is 63.5 Å². The summed E-state index contributed by atoms with van der Waals surface area (Å²) >= 11 is 0. The molecular weight excluding hydrogens is 1790 g/mol. The summed E-state index contributed by atoms with van der Waals surface area (Å²) in [6, 6.07) is 47.1. The van der Waals surface area contributed by atoms with Gasteiger partial charge in [-0.3, -0.25) is 72.6 Å². The van der Waals surface area contributed by atoms with Crippen LogP contribution in [-0.2, 0) is 32.6 Å². The van der Waals surface area contributed by atoms with E-state index >= 15 is 0 Å². The molecule has 138 heavy (non-hydrogen) atoms. The first kappa shape index (κ1) is 103. The molecule has 0 saturated carbocycles. The molecule has 0 unspecified atom stereocenters. The van der Waals surface area contributed by atoms with Gasteiger partial charge >= 0.3 is 28.4 Å². The highest BCUT2D eigenvalue weighted by atomic mass is 19.1. The molecule has 0 saturated heterocycles. The molecule has 0 aliphatic heterocycles. The van der Waals surface area contributed by atoms with E-state index in [-0.39, 0.29) is 107 Å². The number of aromatic amines is 7. The number of aromatic nitrogens is 13. The van der Waals surface area contributed by atoms with E-state index in [1.165, 1.54) is 33.4 Å². The molecule has 0 aliphatic carbocycles. The van der Waals surface area contributed by atoms with Crippen LogP contribution in [0.1, 0.15) is 192 Å². The Bertz CT molecular complexity index is 7620. The second-order valence-corrected chi connectivity index (χ2v) is 33.4. The lowest BCUT2D eigenvalue weighted by atomic mass is 10.1. The van der Waals surface area contributed by atoms with Gasteiger partial charge in [-0.2, -0.15) is 38.3 Å². The maximum Gasteiger partial charge on any atom is 0.331 e. The standard InChI is InChI=1S/C29H28FN5O4.C21H20FN5O3.C20H19F2N3O3.C15H15N3O3.C15H18N2O3/c1-17(2)26-27(36)34-29(37)35(28(26)39-23-10-18(3)9-20(11-23)14-31)16-21-12-24(30)33-25(13-21)32-15-19-5-7-22(38-4)8-6-19;1-11(2)18-19(28)26-21(29)27(10-14-7-16(22)25-17(24)8-14)20(18)30-15-5-12(3)4-13(6-15)9-23;1-4-15-18(26)24-20(27)25(10-13-8-16(21)23-17(22)9-13)19(15)28-14-6-11(2)5-12(3)7-14;1-8(2)12-13(19)17-15(20)18-14(12)21-11-5-9(3)4-10(6-11)7-16;1-8(2)12-13(18)16-15(19)17-14(12)20-11-6-9(3)5-10(4)7-11/h5-13,17H,15-16H2,1-4H3,(H,32,33)(H,34,36,37);4-8,11H,10H2,1-3H3,(H2,24,25)(H,26,28,29);5-9H,4,10H2,1-3H3,(H,24,26,27);4-6,8H,1-3H3,(H2,17,18,19,20);5-8H,1-4H3,(H2,16,17,18,19). The van der Waals surface area contributed by atoms with Crippen LogP contribution in [0.3, 0.4) is 0 Å². The minimum Gasteiger partial charge on any atom is -0.497 e. The van der Waals surface area contributed by atoms with Gasteiger partial charge in [0.2, 0.25) is 53.2 Å². The Morgan fingerprint density at radius 1 is 0.362 bits per heavy atom. The molecule has 0 fully saturated rings. The average Bonchev–Trinajstić information content (AvgIpc) is 0.783. The van der Waals surface area contributed by atoms with Crippen LogP contribution in [0.4, 0.5) is 29.2 Å². The Kier molecular flexibility index (Phi) is 34.2. The number of anilines is 2. The molecule has 8 aromatic heterocycles. The smallest absolute Gasteiger partial charge is 0.331 e. The van der Waals surface area contributed by atoms with Crippen LogP contribution in [0.25, 0.3) is 0 Å². The van der Waals surface area contributed by atoms with Crippen LogP contribution in [0, 0.1) is 106 Å². The number of aryl methyl sites for hydroxylation is 7. The highest BCUT2D eigenvalue weighted by molar-refractivity contribution is 5.49. The number of halogens is 4. The molecule has 34 nitrogen and oxygen atoms in total. The van der Waals surface area contributed by atoms with Crippen LogP contribution in [-0.4, -0.2) is 70.7 Å². The van der Waals surface area contributed by atoms with Crippen LogP contribution in [0.15, 0.2) is 200 Å². The van der Waals surface area contributed by atoms with E-state index in [1.807, 2.05) is 130 Å². The summed E-state index contributed by atoms with van der Waals surface area (Å²) in [6.07, 6.45) is 0.300. The highest BCUT2D eigenvalue weighted by Crippen LogP contribution is 2.35. The third-order valence-electron chi connectivity index (χ3n) is 20.4. The van der Waals surface area contributed by atoms with Crippen LogP contribution in [0.2, 0.25) is 0 Å². The topological polar surface area (TPSA) is 499 Å². The van der Waals surface area contributed by atoms with Crippen molar-refractivity contribution in [2.24, 2.45) is 0 Å². The van der Waals surface area contributed by atoms with Gasteiger partial charge in [0.1, 0.15) is 46.1 Å². The van der Waals surface area contributed by atoms with E-state index in [0.29, 0.717) is 80.7 Å². The lowest BCUT2D eigenvalue weighted by Gasteiger charge is -2.19. The van der Waals surface area contributed by atoms with Gasteiger partial charge in [0, 0.05) is 6.54 Å². The molecule has 14 rings (SSSR count). The third-order valence-corrected chi connectivity index (χ3v) is 20.4. The first-order chi connectivity index (χ1) is 65.4. The van der Waals surface area contributed by atoms with Crippen LogP contribution >= 0.6 is 0 Å². The number of nitrogen functional groups attached to an aromatic ring is 1. The fourth-order valence-electron chi connectivity index (χ4n) is 14.6. The number of benzene rings is 6. The summed E-state index contributed by atoms with van der Waals surface area (Å²) in [6.45, 7) is 29.5. The van der Waals surface area contributed by atoms with Crippen molar-refractivity contribution in [3.05, 3.63) is 385 Å². The number of nitrogens with two attached hydrogens (primary N) is 1. The van der Waals surface area contributed by atoms with E-state index in [4.69, 9.17) is 39.4 Å². The van der Waals surface area contributed by atoms with Gasteiger partial charge < -0.3 is 39.5 Å². The number of nitriles is 3. The molecule has 0 amide bonds. The fourth-order valence-corrected chi connectivity index (χ4v) is 14.6. The predicted octanol–water partition coefficient (Wildman–Crippen LogP) is 15.6. The molecule has 0 spiro atoms. The van der Waals surface area contributed by atoms with Gasteiger partial charge in [-0.15, -0.1) is 0 Å². The Hall–Kier alpha value is -17.2. The first-order valence-electron chi connectivity index (χ1n) is 43.1. The second kappa shape index (κ2) is 45.9. The number of hydrogen-bond donors (Lipinski definition) is 9. The number of H-pyrrole nitrogens is 7. The molecular formula is C100H100F4N18O16. The van der Waals surface area contributed by atoms with Crippen molar-refractivity contribution in [3.63, 3.8) is 0 Å². The zero-order chi connectivity index (χ0) is 101. The van der Waals surface area contributed by atoms with Gasteiger partial charge in [0.25, 0.3) is 27.8 Å². The van der Waals surface area contributed by atoms with E-state index in [9.17, 15) is 76.0 Å². The van der Waals surface area contributed by atoms with Gasteiger partial charge in [-0.25, -0.2) is 33.9 Å². The van der Waals surface area contributed by atoms with Crippen molar-refractivity contribution in [1.29, 1.82) is 15.8 Å². The maximum absolute atomic E-state index is 14.5. The summed E-state index contributed by atoms with van der Waals surface area (Å²) in [4.78, 5) is 149. The molecule has 10 N–H and O–H groups in total. The summed E-state index contributed by atoms with van der Waals surface area (Å²) in [5.41, 5.74) is 10.7. The number of rotatable bonds is 25. The number of hydrogen-bond acceptors (Lipinski definition) is 24. The quantitative estimate of drug-likeness (QED) is 0.0189. The van der Waals surface area contributed by atoms with E-state index in [0.717, 1.165) is 73.0 Å². The van der Waals surface area contributed by atoms with E-state index in [2.05, 4.69) is 61.2 Å². The summed E-state index contributed by atoms with van der Waals surface area (Å²) in [7, 11) is 1.59. The lowest BCUT2D eigenvalue weighted by Crippen LogP contribution is -2.34. The molecule has 0 bridgehead atoms. The van der Waals surface area contributed by atoms with Gasteiger partial charge in [0.15, 0.2) is 0 Å². The van der Waals surface area contributed by atoms with Crippen molar-refractivity contribution < 1.29 is 46.0 Å². The first-order valence-corrected chi connectivity index (χ1v) is 43.1. The normalized spacial score (nSPS) is 10.8. The molecule has 6 aromatic carbocycles. The third kappa shape index (κ3) is 27.7. The number of pyridine rings is 3. The molecule has 8 heterocycles. The van der Waals surface area contributed by atoms with Crippen molar-refractivity contribution in [3.8, 4) is 82.1 Å². The largest absolute Gasteiger partial charge is 0.497 e. The van der Waals surface area contributed by atoms with Crippen molar-refractivity contribution >= 4 is 11.6 Å². The Morgan fingerprint density at radius 2 is 0.681 bits per heavy atom. The van der Waals surface area contributed by atoms with E-state index in [1.54, 1.807) is 109 Å². The van der Waals surface area contributed by atoms with E-state index < -0.39 is 80.0 Å². The Balaban J connectivity index is 0.000000182. The van der Waals surface area contributed by atoms with Crippen LogP contribution < -0.4 is 95.7 Å². The second-order valence-electron chi connectivity index (χ2n) is 33.4. The fraction of sp³-hybridized carbons (Fsp3) is 0.260. The molecule has 14 aromatic rings. The average molecular weight is 1890 g/mol. The molecule has 0 radical (unpaired) electrons. The zero-order valence-electron chi connectivity index (χ0n) is 78.4. The minimum absolute atomic E-state index is 0.0176. The van der Waals surface area contributed by atoms with Crippen LogP contribution in [0.5, 0.6) is 63.9 Å². The Morgan fingerprint density at radius 3 is 1.05 bits per heavy atom. The molecule has 38 heteroatoms. The van der Waals surface area contributed by atoms with Gasteiger partial charge in [0.05, 0.1) is 89.5 Å².